The Labute approximate surface area is 131 Å². The number of benzene rings is 1. The third-order valence-corrected chi connectivity index (χ3v) is 5.50. The normalized spacial score (nSPS) is 16.7. The van der Waals surface area contributed by atoms with Crippen molar-refractivity contribution in [3.63, 3.8) is 0 Å². The van der Waals surface area contributed by atoms with Crippen molar-refractivity contribution in [1.29, 1.82) is 0 Å². The van der Waals surface area contributed by atoms with Crippen LogP contribution in [0.3, 0.4) is 0 Å². The molecule has 122 valence electrons. The molecule has 1 saturated carbocycles. The lowest BCUT2D eigenvalue weighted by atomic mass is 9.68. The summed E-state index contributed by atoms with van der Waals surface area (Å²) in [6.07, 6.45) is 0.838. The molecule has 1 aliphatic rings. The predicted octanol–water partition coefficient (Wildman–Crippen LogP) is 0.0281. The first-order valence-electron chi connectivity index (χ1n) is 6.86. The SMILES string of the molecule is Cn1nnc2cc(S(=O)(=O)NC(=O)C3(C(=O)O)CCC3)ccc21. The van der Waals surface area contributed by atoms with Gasteiger partial charge in [0.25, 0.3) is 15.9 Å². The summed E-state index contributed by atoms with van der Waals surface area (Å²) in [7, 11) is -2.51. The number of carbonyl (C=O) groups is 2. The van der Waals surface area contributed by atoms with Crippen LogP contribution in [0, 0.1) is 5.41 Å². The van der Waals surface area contributed by atoms with E-state index in [4.69, 9.17) is 0 Å². The molecule has 1 amide bonds. The molecule has 0 unspecified atom stereocenters. The molecule has 1 heterocycles. The van der Waals surface area contributed by atoms with Gasteiger partial charge in [0, 0.05) is 7.05 Å². The van der Waals surface area contributed by atoms with Gasteiger partial charge in [0.2, 0.25) is 0 Å². The highest BCUT2D eigenvalue weighted by Crippen LogP contribution is 2.41. The standard InChI is InChI=1S/C13H14N4O5S/c1-17-10-4-3-8(7-9(10)14-16-17)23(21,22)15-11(18)13(12(19)20)5-2-6-13/h3-4,7H,2,5-6H2,1H3,(H,15,18)(H,19,20). The molecule has 1 aromatic heterocycles. The molecule has 1 aromatic carbocycles. The minimum atomic E-state index is -4.17. The number of aliphatic carboxylic acids is 1. The topological polar surface area (TPSA) is 131 Å². The number of carboxylic acid groups (broad SMARTS) is 1. The molecule has 0 atom stereocenters. The minimum Gasteiger partial charge on any atom is -0.480 e. The van der Waals surface area contributed by atoms with Gasteiger partial charge in [-0.2, -0.15) is 0 Å². The average molecular weight is 338 g/mol. The van der Waals surface area contributed by atoms with Gasteiger partial charge < -0.3 is 5.11 Å². The Balaban J connectivity index is 1.91. The number of nitrogens with zero attached hydrogens (tertiary/aromatic N) is 3. The van der Waals surface area contributed by atoms with Gasteiger partial charge in [-0.25, -0.2) is 17.8 Å². The van der Waals surface area contributed by atoms with E-state index in [-0.39, 0.29) is 17.7 Å². The molecule has 0 saturated heterocycles. The molecule has 2 aromatic rings. The van der Waals surface area contributed by atoms with Crippen LogP contribution in [-0.2, 0) is 26.7 Å². The smallest absolute Gasteiger partial charge is 0.319 e. The lowest BCUT2D eigenvalue weighted by Gasteiger charge is -2.35. The van der Waals surface area contributed by atoms with Gasteiger partial charge in [0.15, 0.2) is 0 Å². The van der Waals surface area contributed by atoms with Crippen LogP contribution in [0.1, 0.15) is 19.3 Å². The third-order valence-electron chi connectivity index (χ3n) is 4.17. The Kier molecular flexibility index (Phi) is 3.36. The Hall–Kier alpha value is -2.49. The fourth-order valence-corrected chi connectivity index (χ4v) is 3.61. The zero-order valence-corrected chi connectivity index (χ0v) is 13.0. The molecule has 1 fully saturated rings. The maximum absolute atomic E-state index is 12.3. The second-order valence-electron chi connectivity index (χ2n) is 5.54. The van der Waals surface area contributed by atoms with E-state index in [0.717, 1.165) is 0 Å². The highest BCUT2D eigenvalue weighted by molar-refractivity contribution is 7.90. The van der Waals surface area contributed by atoms with E-state index in [0.29, 0.717) is 17.5 Å². The van der Waals surface area contributed by atoms with Crippen LogP contribution in [0.2, 0.25) is 0 Å². The van der Waals surface area contributed by atoms with E-state index in [1.54, 1.807) is 7.05 Å². The first-order chi connectivity index (χ1) is 10.8. The minimum absolute atomic E-state index is 0.132. The fourth-order valence-electron chi connectivity index (χ4n) is 2.53. The monoisotopic (exact) mass is 338 g/mol. The quantitative estimate of drug-likeness (QED) is 0.752. The van der Waals surface area contributed by atoms with E-state index in [2.05, 4.69) is 10.3 Å². The molecule has 0 radical (unpaired) electrons. The lowest BCUT2D eigenvalue weighted by Crippen LogP contribution is -2.52. The number of hydrogen-bond donors (Lipinski definition) is 2. The van der Waals surface area contributed by atoms with Crippen LogP contribution in [-0.4, -0.2) is 40.4 Å². The molecule has 23 heavy (non-hydrogen) atoms. The highest BCUT2D eigenvalue weighted by atomic mass is 32.2. The second-order valence-corrected chi connectivity index (χ2v) is 7.22. The maximum atomic E-state index is 12.3. The maximum Gasteiger partial charge on any atom is 0.319 e. The van der Waals surface area contributed by atoms with Gasteiger partial charge in [-0.15, -0.1) is 5.10 Å². The summed E-state index contributed by atoms with van der Waals surface area (Å²) in [4.78, 5) is 23.2. The molecule has 0 spiro atoms. The summed E-state index contributed by atoms with van der Waals surface area (Å²) in [6.45, 7) is 0. The molecular formula is C13H14N4O5S. The number of nitrogens with one attached hydrogen (secondary N) is 1. The summed E-state index contributed by atoms with van der Waals surface area (Å²) >= 11 is 0. The lowest BCUT2D eigenvalue weighted by molar-refractivity contribution is -0.161. The van der Waals surface area contributed by atoms with Crippen molar-refractivity contribution < 1.29 is 23.1 Å². The molecule has 0 bridgehead atoms. The number of fused-ring (bicyclic) bond motifs is 1. The van der Waals surface area contributed by atoms with Gasteiger partial charge >= 0.3 is 5.97 Å². The van der Waals surface area contributed by atoms with Crippen molar-refractivity contribution in [3.8, 4) is 0 Å². The molecule has 1 aliphatic carbocycles. The van der Waals surface area contributed by atoms with Crippen molar-refractivity contribution in [1.82, 2.24) is 19.7 Å². The van der Waals surface area contributed by atoms with Gasteiger partial charge in [-0.1, -0.05) is 11.6 Å². The first-order valence-corrected chi connectivity index (χ1v) is 8.35. The number of carboxylic acids is 1. The number of amides is 1. The van der Waals surface area contributed by atoms with Gasteiger partial charge in [-0.3, -0.25) is 9.59 Å². The summed E-state index contributed by atoms with van der Waals surface area (Å²) in [5, 5.41) is 16.8. The second kappa shape index (κ2) is 5.01. The van der Waals surface area contributed by atoms with Crippen LogP contribution in [0.4, 0.5) is 0 Å². The van der Waals surface area contributed by atoms with E-state index in [1.807, 2.05) is 4.72 Å². The number of carbonyl (C=O) groups excluding carboxylic acids is 1. The first kappa shape index (κ1) is 15.4. The zero-order valence-electron chi connectivity index (χ0n) is 12.2. The fraction of sp³-hybridized carbons (Fsp3) is 0.385. The van der Waals surface area contributed by atoms with E-state index < -0.39 is 27.3 Å². The number of hydrogen-bond acceptors (Lipinski definition) is 6. The molecule has 3 rings (SSSR count). The van der Waals surface area contributed by atoms with Crippen molar-refractivity contribution in [2.24, 2.45) is 12.5 Å². The molecule has 9 nitrogen and oxygen atoms in total. The van der Waals surface area contributed by atoms with Crippen molar-refractivity contribution >= 4 is 32.9 Å². The number of sulfonamides is 1. The van der Waals surface area contributed by atoms with Crippen molar-refractivity contribution in [3.05, 3.63) is 18.2 Å². The third kappa shape index (κ3) is 2.34. The van der Waals surface area contributed by atoms with Crippen LogP contribution in [0.5, 0.6) is 0 Å². The zero-order chi connectivity index (χ0) is 16.8. The summed E-state index contributed by atoms with van der Waals surface area (Å²) in [5.74, 6) is -2.31. The van der Waals surface area contributed by atoms with Crippen LogP contribution in [0.15, 0.2) is 23.1 Å². The largest absolute Gasteiger partial charge is 0.480 e. The number of rotatable bonds is 4. The van der Waals surface area contributed by atoms with E-state index >= 15 is 0 Å². The van der Waals surface area contributed by atoms with E-state index in [1.165, 1.54) is 22.9 Å². The number of aryl methyl sites for hydroxylation is 1. The Morgan fingerprint density at radius 1 is 1.35 bits per heavy atom. The van der Waals surface area contributed by atoms with Gasteiger partial charge in [0.05, 0.1) is 10.4 Å². The van der Waals surface area contributed by atoms with Gasteiger partial charge in [0.1, 0.15) is 10.9 Å². The average Bonchev–Trinajstić information content (AvgIpc) is 2.77. The molecule has 0 aliphatic heterocycles. The summed E-state index contributed by atoms with van der Waals surface area (Å²) in [6, 6.07) is 4.12. The van der Waals surface area contributed by atoms with Crippen LogP contribution < -0.4 is 4.72 Å². The molecule has 2 N–H and O–H groups in total. The molecular weight excluding hydrogens is 324 g/mol. The Bertz CT molecular complexity index is 914. The van der Waals surface area contributed by atoms with Crippen molar-refractivity contribution in [2.45, 2.75) is 24.2 Å². The summed E-state index contributed by atoms with van der Waals surface area (Å²) < 4.78 is 28.0. The molecule has 10 heteroatoms. The Morgan fingerprint density at radius 2 is 2.04 bits per heavy atom. The summed E-state index contributed by atoms with van der Waals surface area (Å²) in [5.41, 5.74) is -0.653. The number of aromatic nitrogens is 3. The highest BCUT2D eigenvalue weighted by Gasteiger charge is 2.52. The Morgan fingerprint density at radius 3 is 2.61 bits per heavy atom. The van der Waals surface area contributed by atoms with Crippen LogP contribution in [0.25, 0.3) is 11.0 Å². The van der Waals surface area contributed by atoms with E-state index in [9.17, 15) is 23.1 Å². The van der Waals surface area contributed by atoms with Crippen molar-refractivity contribution in [2.75, 3.05) is 0 Å². The van der Waals surface area contributed by atoms with Crippen LogP contribution >= 0.6 is 0 Å². The predicted molar refractivity (Wildman–Crippen MR) is 77.8 cm³/mol. The van der Waals surface area contributed by atoms with Gasteiger partial charge in [-0.05, 0) is 31.0 Å².